The van der Waals surface area contributed by atoms with Crippen molar-refractivity contribution < 1.29 is 32.9 Å². The van der Waals surface area contributed by atoms with Gasteiger partial charge in [-0.2, -0.15) is 0 Å². The van der Waals surface area contributed by atoms with Crippen LogP contribution >= 0.6 is 0 Å². The number of nitrogens with one attached hydrogen (secondary N) is 2. The molecule has 0 saturated carbocycles. The molecule has 1 unspecified atom stereocenters. The molecule has 2 amide bonds. The van der Waals surface area contributed by atoms with Gasteiger partial charge in [0.25, 0.3) is 17.7 Å². The highest BCUT2D eigenvalue weighted by atomic mass is 19.1. The van der Waals surface area contributed by atoms with Crippen molar-refractivity contribution in [2.24, 2.45) is 0 Å². The fourth-order valence-electron chi connectivity index (χ4n) is 3.79. The Labute approximate surface area is 191 Å². The number of carbonyl (C=O) groups is 2. The lowest BCUT2D eigenvalue weighted by Gasteiger charge is -2.52. The van der Waals surface area contributed by atoms with Crippen LogP contribution in [0.2, 0.25) is 0 Å². The monoisotopic (exact) mass is 461 g/mol. The van der Waals surface area contributed by atoms with Crippen LogP contribution in [0.3, 0.4) is 0 Å². The molecule has 1 heterocycles. The van der Waals surface area contributed by atoms with Gasteiger partial charge in [-0.3, -0.25) is 14.9 Å². The van der Waals surface area contributed by atoms with Gasteiger partial charge in [0.1, 0.15) is 5.82 Å². The van der Waals surface area contributed by atoms with Gasteiger partial charge >= 0.3 is 5.91 Å². The van der Waals surface area contributed by atoms with E-state index >= 15 is 0 Å². The molecule has 10 heteroatoms. The van der Waals surface area contributed by atoms with Crippen LogP contribution in [-0.2, 0) is 18.9 Å². The Balaban J connectivity index is 2.07. The molecule has 0 bridgehead atoms. The number of hydrogen-bond donors (Lipinski definition) is 2. The van der Waals surface area contributed by atoms with Crippen LogP contribution in [0.1, 0.15) is 20.7 Å². The zero-order valence-corrected chi connectivity index (χ0v) is 18.8. The summed E-state index contributed by atoms with van der Waals surface area (Å²) in [5, 5.41) is 5.42. The summed E-state index contributed by atoms with van der Waals surface area (Å²) in [6.45, 7) is 1.27. The number of methoxy groups -OCH3 is 3. The van der Waals surface area contributed by atoms with Crippen molar-refractivity contribution in [3.8, 4) is 0 Å². The molecule has 2 aromatic rings. The number of ether oxygens (including phenoxy) is 4. The average Bonchev–Trinajstić information content (AvgIpc) is 2.87. The van der Waals surface area contributed by atoms with Crippen LogP contribution in [0.5, 0.6) is 0 Å². The zero-order valence-electron chi connectivity index (χ0n) is 18.8. The minimum absolute atomic E-state index is 0.206. The Morgan fingerprint density at radius 2 is 1.48 bits per heavy atom. The topological polar surface area (TPSA) is 98.4 Å². The predicted molar refractivity (Wildman–Crippen MR) is 117 cm³/mol. The maximum absolute atomic E-state index is 14.4. The van der Waals surface area contributed by atoms with E-state index in [0.717, 1.165) is 0 Å². The summed E-state index contributed by atoms with van der Waals surface area (Å²) in [7, 11) is 3.94. The molecule has 9 nitrogen and oxygen atoms in total. The van der Waals surface area contributed by atoms with Gasteiger partial charge in [0.2, 0.25) is 0 Å². The summed E-state index contributed by atoms with van der Waals surface area (Å²) in [5.41, 5.74) is 0.131. The number of nitrogens with zero attached hydrogens (tertiary/aromatic N) is 1. The van der Waals surface area contributed by atoms with E-state index in [-0.39, 0.29) is 5.56 Å². The van der Waals surface area contributed by atoms with Crippen LogP contribution in [0.4, 0.5) is 4.39 Å². The average molecular weight is 461 g/mol. The first kappa shape index (κ1) is 24.7. The number of carbonyl (C=O) groups excluding carboxylic acids is 2. The van der Waals surface area contributed by atoms with Crippen molar-refractivity contribution in [2.75, 3.05) is 47.6 Å². The van der Waals surface area contributed by atoms with Gasteiger partial charge in [-0.15, -0.1) is 0 Å². The Bertz CT molecular complexity index is 950. The van der Waals surface area contributed by atoms with Crippen molar-refractivity contribution in [2.45, 2.75) is 11.8 Å². The van der Waals surface area contributed by atoms with Gasteiger partial charge in [0, 0.05) is 40.0 Å². The van der Waals surface area contributed by atoms with Crippen LogP contribution < -0.4 is 10.6 Å². The van der Waals surface area contributed by atoms with Crippen LogP contribution in [0.25, 0.3) is 0 Å². The lowest BCUT2D eigenvalue weighted by Crippen LogP contribution is -2.81. The van der Waals surface area contributed by atoms with E-state index < -0.39 is 29.4 Å². The second-order valence-electron chi connectivity index (χ2n) is 7.23. The van der Waals surface area contributed by atoms with Gasteiger partial charge < -0.3 is 24.3 Å². The molecule has 3 rings (SSSR count). The minimum atomic E-state index is -2.02. The summed E-state index contributed by atoms with van der Waals surface area (Å²) >= 11 is 0. The quantitative estimate of drug-likeness (QED) is 0.547. The number of rotatable bonds is 9. The molecule has 2 N–H and O–H groups in total. The van der Waals surface area contributed by atoms with Crippen molar-refractivity contribution in [1.29, 1.82) is 0 Å². The standard InChI is InChI=1S/C23H28FN3O6/c1-30-22(27-13-15-33-16-14-27,25-21(29)18-11-7-8-12-19(18)24)23(31-2,32-3)26-20(28)17-9-5-4-6-10-17/h4-12H,13-16H2,1-3H3,(H,25,29)(H,26,28). The molecule has 178 valence electrons. The van der Waals surface area contributed by atoms with Gasteiger partial charge in [-0.1, -0.05) is 30.3 Å². The van der Waals surface area contributed by atoms with Crippen molar-refractivity contribution in [1.82, 2.24) is 15.5 Å². The van der Waals surface area contributed by atoms with Gasteiger partial charge in [-0.25, -0.2) is 9.29 Å². The number of morpholine rings is 1. The highest BCUT2D eigenvalue weighted by Gasteiger charge is 2.61. The van der Waals surface area contributed by atoms with Crippen LogP contribution in [-0.4, -0.2) is 76.1 Å². The maximum Gasteiger partial charge on any atom is 0.317 e. The molecule has 0 aliphatic carbocycles. The normalized spacial score (nSPS) is 16.6. The molecule has 1 fully saturated rings. The van der Waals surface area contributed by atoms with E-state index in [4.69, 9.17) is 18.9 Å². The lowest BCUT2D eigenvalue weighted by molar-refractivity contribution is -0.372. The molecule has 1 saturated heterocycles. The molecule has 2 aromatic carbocycles. The van der Waals surface area contributed by atoms with E-state index in [9.17, 15) is 14.0 Å². The van der Waals surface area contributed by atoms with Crippen LogP contribution in [0.15, 0.2) is 54.6 Å². The first-order valence-corrected chi connectivity index (χ1v) is 10.4. The molecule has 0 radical (unpaired) electrons. The molecule has 0 aromatic heterocycles. The smallest absolute Gasteiger partial charge is 0.317 e. The van der Waals surface area contributed by atoms with E-state index in [1.807, 2.05) is 0 Å². The SMILES string of the molecule is COC(NC(=O)c1ccccc1)(OC)C(NC(=O)c1ccccc1F)(OC)N1CCOCC1. The minimum Gasteiger partial charge on any atom is -0.379 e. The van der Waals surface area contributed by atoms with E-state index in [1.165, 1.54) is 45.6 Å². The third-order valence-electron chi connectivity index (χ3n) is 5.49. The lowest BCUT2D eigenvalue weighted by atomic mass is 10.1. The molecular formula is C23H28FN3O6. The fraction of sp³-hybridized carbons (Fsp3) is 0.391. The summed E-state index contributed by atoms with van der Waals surface area (Å²) in [6, 6.07) is 14.0. The summed E-state index contributed by atoms with van der Waals surface area (Å²) in [6.07, 6.45) is 0. The number of hydrogen-bond acceptors (Lipinski definition) is 7. The number of halogens is 1. The van der Waals surface area contributed by atoms with Crippen molar-refractivity contribution in [3.63, 3.8) is 0 Å². The van der Waals surface area contributed by atoms with Crippen molar-refractivity contribution in [3.05, 3.63) is 71.5 Å². The molecule has 33 heavy (non-hydrogen) atoms. The second-order valence-corrected chi connectivity index (χ2v) is 7.23. The van der Waals surface area contributed by atoms with E-state index in [0.29, 0.717) is 31.9 Å². The highest BCUT2D eigenvalue weighted by Crippen LogP contribution is 2.31. The van der Waals surface area contributed by atoms with Gasteiger partial charge in [0.05, 0.1) is 18.8 Å². The first-order chi connectivity index (χ1) is 15.9. The Kier molecular flexibility index (Phi) is 8.11. The van der Waals surface area contributed by atoms with Crippen LogP contribution in [0, 0.1) is 5.82 Å². The van der Waals surface area contributed by atoms with Crippen molar-refractivity contribution >= 4 is 11.8 Å². The van der Waals surface area contributed by atoms with E-state index in [2.05, 4.69) is 10.6 Å². The number of benzene rings is 2. The third kappa shape index (κ3) is 4.90. The zero-order chi connectivity index (χ0) is 23.9. The summed E-state index contributed by atoms with van der Waals surface area (Å²) in [5.74, 6) is -5.93. The number of amides is 2. The largest absolute Gasteiger partial charge is 0.379 e. The molecule has 1 atom stereocenters. The summed E-state index contributed by atoms with van der Waals surface area (Å²) in [4.78, 5) is 28.0. The molecular weight excluding hydrogens is 433 g/mol. The van der Waals surface area contributed by atoms with Gasteiger partial charge in [-0.05, 0) is 24.3 Å². The first-order valence-electron chi connectivity index (χ1n) is 10.4. The second kappa shape index (κ2) is 10.8. The fourth-order valence-corrected chi connectivity index (χ4v) is 3.79. The van der Waals surface area contributed by atoms with E-state index in [1.54, 1.807) is 35.2 Å². The van der Waals surface area contributed by atoms with Gasteiger partial charge in [0.15, 0.2) is 0 Å². The third-order valence-corrected chi connectivity index (χ3v) is 5.49. The Morgan fingerprint density at radius 1 is 0.879 bits per heavy atom. The Hall–Kier alpha value is -2.89. The Morgan fingerprint density at radius 3 is 2.06 bits per heavy atom. The highest BCUT2D eigenvalue weighted by molar-refractivity contribution is 5.96. The predicted octanol–water partition coefficient (Wildman–Crippen LogP) is 1.56. The maximum atomic E-state index is 14.4. The molecule has 1 aliphatic heterocycles. The molecule has 0 spiro atoms. The molecule has 1 aliphatic rings. The summed E-state index contributed by atoms with van der Waals surface area (Å²) < 4.78 is 37.0.